The number of hydrogen-bond donors (Lipinski definition) is 2. The summed E-state index contributed by atoms with van der Waals surface area (Å²) in [5.41, 5.74) is -0.0427. The minimum atomic E-state index is -0.0427. The Morgan fingerprint density at radius 3 is 2.90 bits per heavy atom. The molecule has 1 saturated heterocycles. The molecule has 0 amide bonds. The van der Waals surface area contributed by atoms with Gasteiger partial charge in [0.15, 0.2) is 0 Å². The maximum Gasteiger partial charge on any atom is 0.0698 e. The Hall–Kier alpha value is -0.160. The van der Waals surface area contributed by atoms with Gasteiger partial charge in [0, 0.05) is 25.2 Å². The molecule has 4 nitrogen and oxygen atoms in total. The highest BCUT2D eigenvalue weighted by atomic mass is 16.5. The van der Waals surface area contributed by atoms with Crippen molar-refractivity contribution in [2.75, 3.05) is 33.4 Å². The second kappa shape index (κ2) is 7.74. The van der Waals surface area contributed by atoms with Crippen LogP contribution in [-0.4, -0.2) is 61.0 Å². The van der Waals surface area contributed by atoms with Crippen molar-refractivity contribution < 1.29 is 9.84 Å². The van der Waals surface area contributed by atoms with Gasteiger partial charge >= 0.3 is 0 Å². The van der Waals surface area contributed by atoms with Gasteiger partial charge in [0.05, 0.1) is 12.7 Å². The molecule has 2 aliphatic rings. The van der Waals surface area contributed by atoms with Gasteiger partial charge in [-0.25, -0.2) is 0 Å². The molecule has 1 aliphatic carbocycles. The van der Waals surface area contributed by atoms with Crippen molar-refractivity contribution in [3.63, 3.8) is 0 Å². The summed E-state index contributed by atoms with van der Waals surface area (Å²) in [5.74, 6) is 0. The van der Waals surface area contributed by atoms with Crippen molar-refractivity contribution in [3.05, 3.63) is 0 Å². The number of piperidine rings is 1. The van der Waals surface area contributed by atoms with Crippen LogP contribution in [0.5, 0.6) is 0 Å². The van der Waals surface area contributed by atoms with E-state index in [0.29, 0.717) is 12.1 Å². The number of nitrogens with zero attached hydrogens (tertiary/aromatic N) is 1. The van der Waals surface area contributed by atoms with E-state index in [9.17, 15) is 5.11 Å². The van der Waals surface area contributed by atoms with Crippen LogP contribution in [0.25, 0.3) is 0 Å². The van der Waals surface area contributed by atoms with Gasteiger partial charge in [-0.15, -0.1) is 0 Å². The van der Waals surface area contributed by atoms with Crippen LogP contribution in [0, 0.1) is 0 Å². The van der Waals surface area contributed by atoms with E-state index < -0.39 is 0 Å². The van der Waals surface area contributed by atoms with Crippen LogP contribution in [0.15, 0.2) is 0 Å². The van der Waals surface area contributed by atoms with Crippen LogP contribution in [0.1, 0.15) is 51.9 Å². The van der Waals surface area contributed by atoms with Crippen molar-refractivity contribution in [2.24, 2.45) is 0 Å². The molecule has 1 saturated carbocycles. The molecule has 0 radical (unpaired) electrons. The quantitative estimate of drug-likeness (QED) is 0.780. The summed E-state index contributed by atoms with van der Waals surface area (Å²) in [6.45, 7) is 5.72. The van der Waals surface area contributed by atoms with Gasteiger partial charge in [0.25, 0.3) is 0 Å². The summed E-state index contributed by atoms with van der Waals surface area (Å²) >= 11 is 0. The molecule has 20 heavy (non-hydrogen) atoms. The fourth-order valence-corrected chi connectivity index (χ4v) is 3.88. The molecule has 1 aliphatic heterocycles. The van der Waals surface area contributed by atoms with E-state index >= 15 is 0 Å². The predicted octanol–water partition coefficient (Wildman–Crippen LogP) is 1.77. The van der Waals surface area contributed by atoms with E-state index in [-0.39, 0.29) is 12.1 Å². The van der Waals surface area contributed by atoms with Crippen LogP contribution in [0.2, 0.25) is 0 Å². The van der Waals surface area contributed by atoms with Crippen LogP contribution in [-0.2, 0) is 4.74 Å². The molecular weight excluding hydrogens is 252 g/mol. The molecule has 0 bridgehead atoms. The zero-order valence-electron chi connectivity index (χ0n) is 13.2. The highest BCUT2D eigenvalue weighted by Crippen LogP contribution is 2.32. The summed E-state index contributed by atoms with van der Waals surface area (Å²) in [4.78, 5) is 2.61. The number of aliphatic hydroxyl groups is 1. The van der Waals surface area contributed by atoms with E-state index in [1.807, 2.05) is 7.11 Å². The first-order chi connectivity index (χ1) is 9.73. The Morgan fingerprint density at radius 1 is 1.35 bits per heavy atom. The minimum absolute atomic E-state index is 0.0427. The van der Waals surface area contributed by atoms with E-state index in [2.05, 4.69) is 17.1 Å². The molecule has 2 N–H and O–H groups in total. The average molecular weight is 284 g/mol. The molecular formula is C16H32N2O2. The first kappa shape index (κ1) is 16.2. The minimum Gasteiger partial charge on any atom is -0.394 e. The largest absolute Gasteiger partial charge is 0.394 e. The van der Waals surface area contributed by atoms with Gasteiger partial charge in [-0.3, -0.25) is 4.90 Å². The van der Waals surface area contributed by atoms with E-state index in [0.717, 1.165) is 32.4 Å². The summed E-state index contributed by atoms with van der Waals surface area (Å²) in [5, 5.41) is 13.5. The summed E-state index contributed by atoms with van der Waals surface area (Å²) in [6, 6.07) is 0.609. The zero-order chi connectivity index (χ0) is 14.4. The lowest BCUT2D eigenvalue weighted by Gasteiger charge is -2.46. The lowest BCUT2D eigenvalue weighted by Crippen LogP contribution is -2.57. The van der Waals surface area contributed by atoms with E-state index in [1.54, 1.807) is 0 Å². The number of likely N-dealkylation sites (tertiary alicyclic amines) is 1. The number of aliphatic hydroxyl groups excluding tert-OH is 1. The Balaban J connectivity index is 1.94. The molecule has 2 fully saturated rings. The van der Waals surface area contributed by atoms with Gasteiger partial charge in [-0.2, -0.15) is 0 Å². The predicted molar refractivity (Wildman–Crippen MR) is 82.0 cm³/mol. The number of methoxy groups -OCH3 is 1. The Labute approximate surface area is 123 Å². The fourth-order valence-electron chi connectivity index (χ4n) is 3.88. The molecule has 4 heteroatoms. The standard InChI is InChI=1S/C16H32N2O2/c1-3-9-17-16(13-19)8-4-6-14(11-16)18-10-5-7-15(12-18)20-2/h14-15,17,19H,3-13H2,1-2H3. The summed E-state index contributed by atoms with van der Waals surface area (Å²) in [7, 11) is 1.83. The number of rotatable bonds is 6. The molecule has 3 unspecified atom stereocenters. The molecule has 3 atom stereocenters. The summed E-state index contributed by atoms with van der Waals surface area (Å²) < 4.78 is 5.55. The molecule has 118 valence electrons. The zero-order valence-corrected chi connectivity index (χ0v) is 13.2. The molecule has 2 rings (SSSR count). The van der Waals surface area contributed by atoms with Crippen LogP contribution in [0.4, 0.5) is 0 Å². The third-order valence-electron chi connectivity index (χ3n) is 5.13. The van der Waals surface area contributed by atoms with Crippen molar-refractivity contribution in [2.45, 2.75) is 69.6 Å². The second-order valence-corrected chi connectivity index (χ2v) is 6.61. The monoisotopic (exact) mass is 284 g/mol. The first-order valence-corrected chi connectivity index (χ1v) is 8.36. The highest BCUT2D eigenvalue weighted by Gasteiger charge is 2.38. The van der Waals surface area contributed by atoms with Crippen LogP contribution < -0.4 is 5.32 Å². The molecule has 1 heterocycles. The SMILES string of the molecule is CCCNC1(CO)CCCC(N2CCCC(OC)C2)C1. The Kier molecular flexibility index (Phi) is 6.27. The first-order valence-electron chi connectivity index (χ1n) is 8.36. The fraction of sp³-hybridized carbons (Fsp3) is 1.00. The number of ether oxygens (including phenoxy) is 1. The van der Waals surface area contributed by atoms with E-state index in [4.69, 9.17) is 4.74 Å². The van der Waals surface area contributed by atoms with Crippen molar-refractivity contribution >= 4 is 0 Å². The maximum absolute atomic E-state index is 9.88. The van der Waals surface area contributed by atoms with Crippen molar-refractivity contribution in [1.82, 2.24) is 10.2 Å². The van der Waals surface area contributed by atoms with Gasteiger partial charge in [0.2, 0.25) is 0 Å². The Bertz CT molecular complexity index is 288. The van der Waals surface area contributed by atoms with E-state index in [1.165, 1.54) is 32.2 Å². The second-order valence-electron chi connectivity index (χ2n) is 6.61. The molecule has 0 aromatic rings. The summed E-state index contributed by atoms with van der Waals surface area (Å²) in [6.07, 6.45) is 8.64. The average Bonchev–Trinajstić information content (AvgIpc) is 2.53. The maximum atomic E-state index is 9.88. The third-order valence-corrected chi connectivity index (χ3v) is 5.13. The van der Waals surface area contributed by atoms with Gasteiger partial charge in [0.1, 0.15) is 0 Å². The third kappa shape index (κ3) is 3.94. The van der Waals surface area contributed by atoms with Gasteiger partial charge in [-0.1, -0.05) is 6.92 Å². The van der Waals surface area contributed by atoms with Crippen molar-refractivity contribution in [1.29, 1.82) is 0 Å². The Morgan fingerprint density at radius 2 is 2.20 bits per heavy atom. The molecule has 0 aromatic heterocycles. The molecule has 0 spiro atoms. The lowest BCUT2D eigenvalue weighted by atomic mass is 9.78. The highest BCUT2D eigenvalue weighted by molar-refractivity contribution is 4.97. The molecule has 0 aromatic carbocycles. The smallest absolute Gasteiger partial charge is 0.0698 e. The van der Waals surface area contributed by atoms with Gasteiger partial charge in [-0.05, 0) is 58.0 Å². The lowest BCUT2D eigenvalue weighted by molar-refractivity contribution is -0.00894. The van der Waals surface area contributed by atoms with Crippen LogP contribution >= 0.6 is 0 Å². The van der Waals surface area contributed by atoms with Crippen molar-refractivity contribution in [3.8, 4) is 0 Å². The topological polar surface area (TPSA) is 44.7 Å². The number of hydrogen-bond acceptors (Lipinski definition) is 4. The number of nitrogens with one attached hydrogen (secondary N) is 1. The normalized spacial score (nSPS) is 36.1. The van der Waals surface area contributed by atoms with Gasteiger partial charge < -0.3 is 15.2 Å². The van der Waals surface area contributed by atoms with Crippen LogP contribution in [0.3, 0.4) is 0 Å².